The van der Waals surface area contributed by atoms with Crippen LogP contribution in [0.25, 0.3) is 23.0 Å². The second-order valence-corrected chi connectivity index (χ2v) is 7.45. The molecule has 0 aliphatic heterocycles. The molecule has 0 aliphatic carbocycles. The van der Waals surface area contributed by atoms with Gasteiger partial charge in [0.25, 0.3) is 0 Å². The minimum Gasteiger partial charge on any atom is -0.457 e. The molecule has 0 aliphatic rings. The monoisotopic (exact) mass is 384 g/mol. The number of benzene rings is 2. The molecule has 0 amide bonds. The van der Waals surface area contributed by atoms with Gasteiger partial charge >= 0.3 is 0 Å². The van der Waals surface area contributed by atoms with E-state index in [4.69, 9.17) is 21.2 Å². The molecule has 0 fully saturated rings. The van der Waals surface area contributed by atoms with E-state index >= 15 is 0 Å². The van der Waals surface area contributed by atoms with Crippen LogP contribution in [0.5, 0.6) is 0 Å². The van der Waals surface area contributed by atoms with Crippen LogP contribution in [0.15, 0.2) is 70.0 Å². The van der Waals surface area contributed by atoms with Crippen molar-refractivity contribution in [3.05, 3.63) is 77.0 Å². The Hall–Kier alpha value is -2.85. The number of nitrogens with zero attached hydrogens (tertiary/aromatic N) is 1. The molecule has 0 saturated carbocycles. The molecule has 0 saturated heterocycles. The molecule has 3 rings (SSSR count). The van der Waals surface area contributed by atoms with Crippen molar-refractivity contribution in [3.8, 4) is 17.4 Å². The summed E-state index contributed by atoms with van der Waals surface area (Å²) in [5.41, 5.74) is 1.86. The molecule has 2 aromatic carbocycles. The van der Waals surface area contributed by atoms with Gasteiger partial charge in [0.15, 0.2) is 0 Å². The van der Waals surface area contributed by atoms with E-state index in [-0.39, 0.29) is 4.90 Å². The smallest absolute Gasteiger partial charge is 0.238 e. The number of primary sulfonamides is 1. The average Bonchev–Trinajstić information content (AvgIpc) is 3.08. The lowest BCUT2D eigenvalue weighted by Gasteiger charge is -2.00. The van der Waals surface area contributed by atoms with E-state index in [0.29, 0.717) is 27.7 Å². The lowest BCUT2D eigenvalue weighted by molar-refractivity contribution is 0.571. The average molecular weight is 385 g/mol. The van der Waals surface area contributed by atoms with Crippen LogP contribution in [-0.2, 0) is 10.0 Å². The summed E-state index contributed by atoms with van der Waals surface area (Å²) in [5, 5.41) is 15.1. The van der Waals surface area contributed by atoms with E-state index < -0.39 is 10.0 Å². The topological polar surface area (TPSA) is 97.1 Å². The molecule has 0 atom stereocenters. The summed E-state index contributed by atoms with van der Waals surface area (Å²) in [6, 6.07) is 18.6. The molecule has 2 N–H and O–H groups in total. The standard InChI is InChI=1S/C19H13ClN2O3S/c20-16-5-1-13(2-6-16)15(12-21)11-17-7-10-19(25-17)14-3-8-18(9-4-14)26(22,23)24/h1-11H,(H2,22,23,24)/b15-11+. The summed E-state index contributed by atoms with van der Waals surface area (Å²) >= 11 is 5.86. The Kier molecular flexibility index (Phi) is 4.96. The van der Waals surface area contributed by atoms with Crippen molar-refractivity contribution in [2.45, 2.75) is 4.90 Å². The number of furan rings is 1. The van der Waals surface area contributed by atoms with Gasteiger partial charge in [-0.3, -0.25) is 0 Å². The number of rotatable bonds is 4. The highest BCUT2D eigenvalue weighted by Gasteiger charge is 2.10. The van der Waals surface area contributed by atoms with Crippen molar-refractivity contribution in [2.24, 2.45) is 5.14 Å². The van der Waals surface area contributed by atoms with Crippen molar-refractivity contribution in [3.63, 3.8) is 0 Å². The molecule has 1 heterocycles. The van der Waals surface area contributed by atoms with Crippen molar-refractivity contribution in [2.75, 3.05) is 0 Å². The molecule has 1 aromatic heterocycles. The predicted octanol–water partition coefficient (Wildman–Crippen LogP) is 4.31. The maximum absolute atomic E-state index is 11.3. The van der Waals surface area contributed by atoms with Crippen molar-refractivity contribution in [1.82, 2.24) is 0 Å². The van der Waals surface area contributed by atoms with Crippen LogP contribution < -0.4 is 5.14 Å². The predicted molar refractivity (Wildman–Crippen MR) is 100 cm³/mol. The van der Waals surface area contributed by atoms with Crippen LogP contribution in [0.3, 0.4) is 0 Å². The number of nitrogens with two attached hydrogens (primary N) is 1. The molecule has 7 heteroatoms. The Balaban J connectivity index is 1.89. The van der Waals surface area contributed by atoms with Crippen LogP contribution in [0, 0.1) is 11.3 Å². The summed E-state index contributed by atoms with van der Waals surface area (Å²) in [6.45, 7) is 0. The number of nitriles is 1. The van der Waals surface area contributed by atoms with E-state index in [1.807, 2.05) is 0 Å². The van der Waals surface area contributed by atoms with E-state index in [1.54, 1.807) is 54.6 Å². The SMILES string of the molecule is N#C/C(=C\c1ccc(-c2ccc(S(N)(=O)=O)cc2)o1)c1ccc(Cl)cc1. The van der Waals surface area contributed by atoms with Crippen molar-refractivity contribution < 1.29 is 12.8 Å². The summed E-state index contributed by atoms with van der Waals surface area (Å²) in [4.78, 5) is 0.0300. The maximum atomic E-state index is 11.3. The zero-order chi connectivity index (χ0) is 18.7. The molecule has 0 radical (unpaired) electrons. The van der Waals surface area contributed by atoms with Crippen LogP contribution in [0.4, 0.5) is 0 Å². The van der Waals surface area contributed by atoms with Crippen LogP contribution >= 0.6 is 11.6 Å². The molecule has 0 bridgehead atoms. The third-order valence-corrected chi connectivity index (χ3v) is 4.84. The van der Waals surface area contributed by atoms with E-state index in [1.165, 1.54) is 12.1 Å². The van der Waals surface area contributed by atoms with Crippen LogP contribution in [0.1, 0.15) is 11.3 Å². The highest BCUT2D eigenvalue weighted by atomic mass is 35.5. The second-order valence-electron chi connectivity index (χ2n) is 5.45. The Morgan fingerprint density at radius 1 is 1.04 bits per heavy atom. The largest absolute Gasteiger partial charge is 0.457 e. The minimum atomic E-state index is -3.74. The first kappa shape index (κ1) is 18.0. The van der Waals surface area contributed by atoms with Gasteiger partial charge in [0.2, 0.25) is 10.0 Å². The minimum absolute atomic E-state index is 0.0300. The number of halogens is 1. The molecule has 5 nitrogen and oxygen atoms in total. The molecule has 130 valence electrons. The van der Waals surface area contributed by atoms with Gasteiger partial charge < -0.3 is 4.42 Å². The fraction of sp³-hybridized carbons (Fsp3) is 0. The van der Waals surface area contributed by atoms with Crippen LogP contribution in [-0.4, -0.2) is 8.42 Å². The molecular weight excluding hydrogens is 372 g/mol. The van der Waals surface area contributed by atoms with E-state index in [0.717, 1.165) is 5.56 Å². The molecule has 0 spiro atoms. The van der Waals surface area contributed by atoms with Gasteiger partial charge in [-0.25, -0.2) is 13.6 Å². The Bertz CT molecular complexity index is 1110. The normalized spacial score (nSPS) is 12.0. The van der Waals surface area contributed by atoms with Gasteiger partial charge in [0.1, 0.15) is 11.5 Å². The zero-order valence-electron chi connectivity index (χ0n) is 13.4. The zero-order valence-corrected chi connectivity index (χ0v) is 15.0. The first-order chi connectivity index (χ1) is 12.4. The number of hydrogen-bond acceptors (Lipinski definition) is 4. The number of hydrogen-bond donors (Lipinski definition) is 1. The third-order valence-electron chi connectivity index (χ3n) is 3.66. The first-order valence-electron chi connectivity index (χ1n) is 7.47. The quantitative estimate of drug-likeness (QED) is 0.677. The maximum Gasteiger partial charge on any atom is 0.238 e. The highest BCUT2D eigenvalue weighted by molar-refractivity contribution is 7.89. The summed E-state index contributed by atoms with van der Waals surface area (Å²) < 4.78 is 28.3. The van der Waals surface area contributed by atoms with Gasteiger partial charge in [-0.15, -0.1) is 0 Å². The first-order valence-corrected chi connectivity index (χ1v) is 9.40. The van der Waals surface area contributed by atoms with Gasteiger partial charge in [0, 0.05) is 10.6 Å². The molecule has 26 heavy (non-hydrogen) atoms. The molecule has 0 unspecified atom stereocenters. The van der Waals surface area contributed by atoms with Crippen molar-refractivity contribution >= 4 is 33.3 Å². The lowest BCUT2D eigenvalue weighted by atomic mass is 10.1. The summed E-state index contributed by atoms with van der Waals surface area (Å²) in [5.74, 6) is 1.05. The summed E-state index contributed by atoms with van der Waals surface area (Å²) in [6.07, 6.45) is 1.63. The van der Waals surface area contributed by atoms with Gasteiger partial charge in [0.05, 0.1) is 16.5 Å². The Labute approximate surface area is 156 Å². The fourth-order valence-corrected chi connectivity index (χ4v) is 2.99. The fourth-order valence-electron chi connectivity index (χ4n) is 2.35. The number of sulfonamides is 1. The van der Waals surface area contributed by atoms with Crippen molar-refractivity contribution in [1.29, 1.82) is 5.26 Å². The summed E-state index contributed by atoms with van der Waals surface area (Å²) in [7, 11) is -3.74. The van der Waals surface area contributed by atoms with Gasteiger partial charge in [-0.2, -0.15) is 5.26 Å². The van der Waals surface area contributed by atoms with Gasteiger partial charge in [-0.05, 0) is 60.2 Å². The third kappa shape index (κ3) is 4.03. The lowest BCUT2D eigenvalue weighted by Crippen LogP contribution is -2.11. The molecular formula is C19H13ClN2O3S. The molecule has 3 aromatic rings. The van der Waals surface area contributed by atoms with Gasteiger partial charge in [-0.1, -0.05) is 23.7 Å². The Morgan fingerprint density at radius 2 is 1.69 bits per heavy atom. The number of allylic oxidation sites excluding steroid dienone is 1. The second kappa shape index (κ2) is 7.18. The Morgan fingerprint density at radius 3 is 2.27 bits per heavy atom. The van der Waals surface area contributed by atoms with E-state index in [9.17, 15) is 13.7 Å². The highest BCUT2D eigenvalue weighted by Crippen LogP contribution is 2.26. The van der Waals surface area contributed by atoms with Crippen LogP contribution in [0.2, 0.25) is 5.02 Å². The van der Waals surface area contributed by atoms with E-state index in [2.05, 4.69) is 6.07 Å².